The standard InChI is InChI=1S/C19H16ClN3O/c1-12-18-16(13-6-5-7-14(20)10-13)11-17(24)21-19(18)23(22-12)15-8-3-2-4-9-15/h2-10,16H,11H2,1H3,(H,21,24)/t16-/m1/s1. The van der Waals surface area contributed by atoms with Crippen molar-refractivity contribution in [3.05, 3.63) is 76.4 Å². The number of aromatic nitrogens is 2. The number of hydrogen-bond acceptors (Lipinski definition) is 2. The van der Waals surface area contributed by atoms with Crippen LogP contribution >= 0.6 is 11.6 Å². The van der Waals surface area contributed by atoms with E-state index < -0.39 is 0 Å². The molecule has 5 heteroatoms. The van der Waals surface area contributed by atoms with Gasteiger partial charge in [0, 0.05) is 22.9 Å². The van der Waals surface area contributed by atoms with Gasteiger partial charge in [0.15, 0.2) is 0 Å². The van der Waals surface area contributed by atoms with Crippen LogP contribution in [0.5, 0.6) is 0 Å². The Balaban J connectivity index is 1.89. The summed E-state index contributed by atoms with van der Waals surface area (Å²) in [6.45, 7) is 1.98. The van der Waals surface area contributed by atoms with Gasteiger partial charge >= 0.3 is 0 Å². The highest BCUT2D eigenvalue weighted by atomic mass is 35.5. The predicted molar refractivity (Wildman–Crippen MR) is 94.8 cm³/mol. The first kappa shape index (κ1) is 15.0. The molecule has 24 heavy (non-hydrogen) atoms. The van der Waals surface area contributed by atoms with E-state index >= 15 is 0 Å². The van der Waals surface area contributed by atoms with Gasteiger partial charge in [-0.3, -0.25) is 4.79 Å². The second-order valence-corrected chi connectivity index (χ2v) is 6.39. The van der Waals surface area contributed by atoms with Gasteiger partial charge in [-0.1, -0.05) is 41.9 Å². The maximum atomic E-state index is 12.3. The fraction of sp³-hybridized carbons (Fsp3) is 0.158. The number of para-hydroxylation sites is 1. The van der Waals surface area contributed by atoms with Crippen LogP contribution in [0.25, 0.3) is 5.69 Å². The molecule has 0 fully saturated rings. The highest BCUT2D eigenvalue weighted by Crippen LogP contribution is 2.40. The van der Waals surface area contributed by atoms with Crippen molar-refractivity contribution in [3.8, 4) is 5.69 Å². The van der Waals surface area contributed by atoms with Crippen LogP contribution in [0, 0.1) is 6.92 Å². The lowest BCUT2D eigenvalue weighted by Gasteiger charge is -2.24. The maximum Gasteiger partial charge on any atom is 0.226 e. The minimum Gasteiger partial charge on any atom is -0.310 e. The highest BCUT2D eigenvalue weighted by Gasteiger charge is 2.32. The minimum absolute atomic E-state index is 0.00967. The maximum absolute atomic E-state index is 12.3. The Bertz CT molecular complexity index is 918. The Morgan fingerprint density at radius 3 is 2.71 bits per heavy atom. The van der Waals surface area contributed by atoms with Crippen LogP contribution in [-0.4, -0.2) is 15.7 Å². The molecule has 3 aromatic rings. The molecule has 1 amide bonds. The number of carbonyl (C=O) groups excluding carboxylic acids is 1. The largest absolute Gasteiger partial charge is 0.310 e. The van der Waals surface area contributed by atoms with E-state index in [1.807, 2.05) is 61.5 Å². The Morgan fingerprint density at radius 1 is 1.17 bits per heavy atom. The normalized spacial score (nSPS) is 16.6. The minimum atomic E-state index is -0.0371. The van der Waals surface area contributed by atoms with Crippen molar-refractivity contribution in [3.63, 3.8) is 0 Å². The molecule has 0 saturated carbocycles. The summed E-state index contributed by atoms with van der Waals surface area (Å²) in [5, 5.41) is 8.33. The van der Waals surface area contributed by atoms with Gasteiger partial charge in [-0.05, 0) is 36.8 Å². The zero-order chi connectivity index (χ0) is 16.7. The third-order valence-electron chi connectivity index (χ3n) is 4.35. The van der Waals surface area contributed by atoms with E-state index in [-0.39, 0.29) is 11.8 Å². The Morgan fingerprint density at radius 2 is 1.96 bits per heavy atom. The van der Waals surface area contributed by atoms with Crippen molar-refractivity contribution in [1.82, 2.24) is 9.78 Å². The quantitative estimate of drug-likeness (QED) is 0.757. The lowest BCUT2D eigenvalue weighted by molar-refractivity contribution is -0.116. The molecule has 1 N–H and O–H groups in total. The number of benzene rings is 2. The van der Waals surface area contributed by atoms with Gasteiger partial charge in [-0.2, -0.15) is 5.10 Å². The van der Waals surface area contributed by atoms with E-state index in [0.717, 1.165) is 28.3 Å². The molecule has 2 heterocycles. The molecule has 0 unspecified atom stereocenters. The number of aryl methyl sites for hydroxylation is 1. The summed E-state index contributed by atoms with van der Waals surface area (Å²) in [6.07, 6.45) is 0.397. The van der Waals surface area contributed by atoms with Gasteiger partial charge in [-0.15, -0.1) is 0 Å². The summed E-state index contributed by atoms with van der Waals surface area (Å²) in [5.74, 6) is 0.703. The van der Waals surface area contributed by atoms with E-state index in [1.165, 1.54) is 0 Å². The van der Waals surface area contributed by atoms with Crippen LogP contribution in [0.4, 0.5) is 5.82 Å². The number of rotatable bonds is 2. The fourth-order valence-corrected chi connectivity index (χ4v) is 3.51. The smallest absolute Gasteiger partial charge is 0.226 e. The fourth-order valence-electron chi connectivity index (χ4n) is 3.31. The number of anilines is 1. The van der Waals surface area contributed by atoms with Crippen LogP contribution in [0.15, 0.2) is 54.6 Å². The van der Waals surface area contributed by atoms with Crippen molar-refractivity contribution in [2.45, 2.75) is 19.3 Å². The van der Waals surface area contributed by atoms with Gasteiger partial charge in [-0.25, -0.2) is 4.68 Å². The summed E-state index contributed by atoms with van der Waals surface area (Å²) in [7, 11) is 0. The van der Waals surface area contributed by atoms with Gasteiger partial charge < -0.3 is 5.32 Å². The molecule has 1 aromatic heterocycles. The molecule has 0 saturated heterocycles. The average Bonchev–Trinajstić information content (AvgIpc) is 2.91. The third kappa shape index (κ3) is 2.49. The zero-order valence-electron chi connectivity index (χ0n) is 13.2. The molecule has 0 radical (unpaired) electrons. The van der Waals surface area contributed by atoms with Crippen molar-refractivity contribution in [2.24, 2.45) is 0 Å². The van der Waals surface area contributed by atoms with Crippen LogP contribution < -0.4 is 5.32 Å². The third-order valence-corrected chi connectivity index (χ3v) is 4.59. The topological polar surface area (TPSA) is 46.9 Å². The van der Waals surface area contributed by atoms with Crippen molar-refractivity contribution in [2.75, 3.05) is 5.32 Å². The molecule has 4 nitrogen and oxygen atoms in total. The Labute approximate surface area is 145 Å². The molecular formula is C19H16ClN3O. The summed E-state index contributed by atoms with van der Waals surface area (Å²) >= 11 is 6.15. The number of nitrogens with zero attached hydrogens (tertiary/aromatic N) is 2. The zero-order valence-corrected chi connectivity index (χ0v) is 13.9. The second kappa shape index (κ2) is 5.80. The molecule has 0 bridgehead atoms. The van der Waals surface area contributed by atoms with Gasteiger partial charge in [0.2, 0.25) is 5.91 Å². The van der Waals surface area contributed by atoms with Crippen LogP contribution in [0.3, 0.4) is 0 Å². The van der Waals surface area contributed by atoms with Gasteiger partial charge in [0.25, 0.3) is 0 Å². The van der Waals surface area contributed by atoms with E-state index in [9.17, 15) is 4.79 Å². The van der Waals surface area contributed by atoms with Gasteiger partial charge in [0.05, 0.1) is 11.4 Å². The predicted octanol–water partition coefficient (Wildman–Crippen LogP) is 4.31. The highest BCUT2D eigenvalue weighted by molar-refractivity contribution is 6.30. The number of amides is 1. The first-order chi connectivity index (χ1) is 11.6. The van der Waals surface area contributed by atoms with E-state index in [2.05, 4.69) is 10.4 Å². The van der Waals surface area contributed by atoms with Crippen molar-refractivity contribution < 1.29 is 4.79 Å². The number of halogens is 1. The summed E-state index contributed by atoms with van der Waals surface area (Å²) in [4.78, 5) is 12.3. The monoisotopic (exact) mass is 337 g/mol. The van der Waals surface area contributed by atoms with Crippen LogP contribution in [0.2, 0.25) is 5.02 Å². The van der Waals surface area contributed by atoms with Gasteiger partial charge in [0.1, 0.15) is 5.82 Å². The molecule has 120 valence electrons. The number of hydrogen-bond donors (Lipinski definition) is 1. The number of carbonyl (C=O) groups is 1. The summed E-state index contributed by atoms with van der Waals surface area (Å²) in [5.41, 5.74) is 3.93. The van der Waals surface area contributed by atoms with Crippen LogP contribution in [0.1, 0.15) is 29.2 Å². The SMILES string of the molecule is Cc1nn(-c2ccccc2)c2c1[C@@H](c1cccc(Cl)c1)CC(=O)N2. The van der Waals surface area contributed by atoms with E-state index in [1.54, 1.807) is 4.68 Å². The molecule has 1 aliphatic rings. The van der Waals surface area contributed by atoms with Crippen molar-refractivity contribution in [1.29, 1.82) is 0 Å². The summed E-state index contributed by atoms with van der Waals surface area (Å²) < 4.78 is 1.80. The Kier molecular flexibility index (Phi) is 3.62. The molecule has 0 aliphatic carbocycles. The molecule has 2 aromatic carbocycles. The number of nitrogens with one attached hydrogen (secondary N) is 1. The average molecular weight is 338 g/mol. The molecular weight excluding hydrogens is 322 g/mol. The molecule has 1 atom stereocenters. The molecule has 0 spiro atoms. The van der Waals surface area contributed by atoms with E-state index in [4.69, 9.17) is 11.6 Å². The first-order valence-corrected chi connectivity index (χ1v) is 8.21. The van der Waals surface area contributed by atoms with Crippen LogP contribution in [-0.2, 0) is 4.79 Å². The molecule has 1 aliphatic heterocycles. The second-order valence-electron chi connectivity index (χ2n) is 5.95. The lowest BCUT2D eigenvalue weighted by Crippen LogP contribution is -2.24. The van der Waals surface area contributed by atoms with Crippen molar-refractivity contribution >= 4 is 23.3 Å². The number of fused-ring (bicyclic) bond motifs is 1. The van der Waals surface area contributed by atoms with E-state index in [0.29, 0.717) is 11.4 Å². The molecule has 4 rings (SSSR count). The summed E-state index contributed by atoms with van der Waals surface area (Å²) in [6, 6.07) is 17.5. The Hall–Kier alpha value is -2.59. The lowest BCUT2D eigenvalue weighted by atomic mass is 9.86. The first-order valence-electron chi connectivity index (χ1n) is 7.84.